The van der Waals surface area contributed by atoms with Crippen molar-refractivity contribution in [1.29, 1.82) is 0 Å². The van der Waals surface area contributed by atoms with Crippen molar-refractivity contribution in [1.82, 2.24) is 0 Å². The molecule has 6 aliphatic rings. The molecule has 2 nitrogen and oxygen atoms in total. The van der Waals surface area contributed by atoms with Crippen LogP contribution in [0.2, 0.25) is 0 Å². The highest BCUT2D eigenvalue weighted by Crippen LogP contribution is 2.89. The van der Waals surface area contributed by atoms with Gasteiger partial charge in [-0.1, -0.05) is 24.3 Å². The third-order valence-electron chi connectivity index (χ3n) is 7.20. The molecule has 8 atom stereocenters. The van der Waals surface area contributed by atoms with E-state index in [1.165, 1.54) is 0 Å². The minimum Gasteiger partial charge on any atom is -0.298 e. The SMILES string of the molecule is O=C1[C@H]2[C@H]3C(=O)[C@@]45C=CC=C[C@@]14[C@@H]1C[C@H]5[C@H]3[C@H]21. The Morgan fingerprint density at radius 2 is 1.35 bits per heavy atom. The van der Waals surface area contributed by atoms with E-state index in [1.54, 1.807) is 0 Å². The molecule has 2 spiro atoms. The number of allylic oxidation sites excluding steroid dienone is 4. The van der Waals surface area contributed by atoms with E-state index in [4.69, 9.17) is 0 Å². The maximum Gasteiger partial charge on any atom is 0.148 e. The highest BCUT2D eigenvalue weighted by atomic mass is 16.2. The lowest BCUT2D eigenvalue weighted by Gasteiger charge is -2.44. The van der Waals surface area contributed by atoms with E-state index in [0.29, 0.717) is 35.2 Å². The summed E-state index contributed by atoms with van der Waals surface area (Å²) in [6, 6.07) is 0. The lowest BCUT2D eigenvalue weighted by atomic mass is 9.55. The number of ketones is 2. The van der Waals surface area contributed by atoms with Crippen LogP contribution in [0.4, 0.5) is 0 Å². The van der Waals surface area contributed by atoms with Gasteiger partial charge in [-0.2, -0.15) is 0 Å². The zero-order chi connectivity index (χ0) is 11.2. The molecule has 5 saturated carbocycles. The Balaban J connectivity index is 1.85. The van der Waals surface area contributed by atoms with Crippen molar-refractivity contribution in [3.63, 3.8) is 0 Å². The van der Waals surface area contributed by atoms with Gasteiger partial charge in [-0.25, -0.2) is 0 Å². The quantitative estimate of drug-likeness (QED) is 0.623. The maximum absolute atomic E-state index is 12.8. The van der Waals surface area contributed by atoms with Crippen LogP contribution in [-0.2, 0) is 9.59 Å². The van der Waals surface area contributed by atoms with Gasteiger partial charge in [0.1, 0.15) is 11.6 Å². The van der Waals surface area contributed by atoms with E-state index in [-0.39, 0.29) is 22.7 Å². The number of carbonyl (C=O) groups excluding carboxylic acids is 2. The smallest absolute Gasteiger partial charge is 0.148 e. The molecule has 6 aliphatic carbocycles. The molecule has 2 heteroatoms. The van der Waals surface area contributed by atoms with Crippen LogP contribution in [0.15, 0.2) is 24.3 Å². The van der Waals surface area contributed by atoms with Crippen LogP contribution < -0.4 is 0 Å². The summed E-state index contributed by atoms with van der Waals surface area (Å²) in [4.78, 5) is 25.5. The van der Waals surface area contributed by atoms with Gasteiger partial charge in [-0.05, 0) is 30.1 Å². The molecule has 0 aliphatic heterocycles. The monoisotopic (exact) mass is 224 g/mol. The summed E-state index contributed by atoms with van der Waals surface area (Å²) in [5, 5.41) is 0. The molecule has 0 aromatic carbocycles. The summed E-state index contributed by atoms with van der Waals surface area (Å²) in [7, 11) is 0. The van der Waals surface area contributed by atoms with Crippen molar-refractivity contribution in [2.45, 2.75) is 6.42 Å². The standard InChI is InChI=1S/C15H12O2/c16-12-10-8-6-5-7-9(8)11(10)13(17)15(7)4-2-1-3-14(6,12)15/h1-4,6-11H,5H2/t6-,7+,8-,9+,10-,11+,14-,15+. The van der Waals surface area contributed by atoms with Crippen molar-refractivity contribution in [2.75, 3.05) is 0 Å². The third kappa shape index (κ3) is 0.413. The second-order valence-electron chi connectivity index (χ2n) is 6.84. The van der Waals surface area contributed by atoms with Gasteiger partial charge in [0.25, 0.3) is 0 Å². The molecule has 5 fully saturated rings. The van der Waals surface area contributed by atoms with Crippen molar-refractivity contribution in [2.24, 2.45) is 46.3 Å². The molecular weight excluding hydrogens is 212 g/mol. The van der Waals surface area contributed by atoms with Crippen molar-refractivity contribution in [3.8, 4) is 0 Å². The molecule has 17 heavy (non-hydrogen) atoms. The van der Waals surface area contributed by atoms with Gasteiger partial charge in [0.15, 0.2) is 0 Å². The minimum atomic E-state index is -0.387. The van der Waals surface area contributed by atoms with Crippen molar-refractivity contribution in [3.05, 3.63) is 24.3 Å². The molecule has 0 radical (unpaired) electrons. The van der Waals surface area contributed by atoms with Crippen LogP contribution in [0.1, 0.15) is 6.42 Å². The van der Waals surface area contributed by atoms with Gasteiger partial charge >= 0.3 is 0 Å². The number of fused-ring (bicyclic) bond motifs is 1. The number of rotatable bonds is 0. The summed E-state index contributed by atoms with van der Waals surface area (Å²) in [5.41, 5.74) is -0.773. The highest BCUT2D eigenvalue weighted by Gasteiger charge is 2.93. The van der Waals surface area contributed by atoms with Crippen LogP contribution in [0.3, 0.4) is 0 Å². The number of Topliss-reactive ketones (excluding diaryl/α,β-unsaturated/α-hetero) is 2. The van der Waals surface area contributed by atoms with E-state index in [0.717, 1.165) is 6.42 Å². The number of hydrogen-bond donors (Lipinski definition) is 0. The summed E-state index contributed by atoms with van der Waals surface area (Å²) in [6.07, 6.45) is 9.34. The van der Waals surface area contributed by atoms with Crippen LogP contribution in [0.25, 0.3) is 0 Å². The van der Waals surface area contributed by atoms with Crippen LogP contribution in [0.5, 0.6) is 0 Å². The fraction of sp³-hybridized carbons (Fsp3) is 0.600. The Labute approximate surface area is 98.8 Å². The Morgan fingerprint density at radius 1 is 0.882 bits per heavy atom. The first-order chi connectivity index (χ1) is 8.25. The maximum atomic E-state index is 12.8. The molecule has 0 N–H and O–H groups in total. The summed E-state index contributed by atoms with van der Waals surface area (Å²) < 4.78 is 0. The van der Waals surface area contributed by atoms with Gasteiger partial charge in [0.05, 0.1) is 10.8 Å². The fourth-order valence-corrected chi connectivity index (χ4v) is 7.13. The predicted molar refractivity (Wildman–Crippen MR) is 58.7 cm³/mol. The van der Waals surface area contributed by atoms with Crippen molar-refractivity contribution < 1.29 is 9.59 Å². The zero-order valence-electron chi connectivity index (χ0n) is 9.30. The highest BCUT2D eigenvalue weighted by molar-refractivity contribution is 6.13. The van der Waals surface area contributed by atoms with Crippen LogP contribution >= 0.6 is 0 Å². The van der Waals surface area contributed by atoms with Crippen molar-refractivity contribution >= 4 is 11.6 Å². The summed E-state index contributed by atoms with van der Waals surface area (Å²) >= 11 is 0. The minimum absolute atomic E-state index is 0.120. The average molecular weight is 224 g/mol. The predicted octanol–water partition coefficient (Wildman–Crippen LogP) is 1.38. The Morgan fingerprint density at radius 3 is 1.82 bits per heavy atom. The zero-order valence-corrected chi connectivity index (χ0v) is 9.30. The van der Waals surface area contributed by atoms with Gasteiger partial charge in [0.2, 0.25) is 0 Å². The normalized spacial score (nSPS) is 70.4. The summed E-state index contributed by atoms with van der Waals surface area (Å²) in [5.74, 6) is 3.24. The summed E-state index contributed by atoms with van der Waals surface area (Å²) in [6.45, 7) is 0. The van der Waals surface area contributed by atoms with Crippen LogP contribution in [0, 0.1) is 46.3 Å². The molecule has 0 aromatic heterocycles. The van der Waals surface area contributed by atoms with Gasteiger partial charge in [-0.15, -0.1) is 0 Å². The Kier molecular flexibility index (Phi) is 0.842. The lowest BCUT2D eigenvalue weighted by molar-refractivity contribution is -0.151. The first-order valence-corrected chi connectivity index (χ1v) is 6.71. The molecule has 0 saturated heterocycles. The van der Waals surface area contributed by atoms with E-state index < -0.39 is 0 Å². The largest absolute Gasteiger partial charge is 0.298 e. The molecule has 84 valence electrons. The van der Waals surface area contributed by atoms with E-state index >= 15 is 0 Å². The molecule has 2 bridgehead atoms. The molecule has 0 heterocycles. The second kappa shape index (κ2) is 1.79. The van der Waals surface area contributed by atoms with E-state index in [2.05, 4.69) is 12.2 Å². The fourth-order valence-electron chi connectivity index (χ4n) is 7.13. The van der Waals surface area contributed by atoms with Gasteiger partial charge in [-0.3, -0.25) is 9.59 Å². The average Bonchev–Trinajstić information content (AvgIpc) is 2.80. The van der Waals surface area contributed by atoms with E-state index in [9.17, 15) is 9.59 Å². The molecule has 0 unspecified atom stereocenters. The molecular formula is C15H12O2. The number of carbonyl (C=O) groups is 2. The molecule has 0 amide bonds. The Hall–Kier alpha value is -1.18. The van der Waals surface area contributed by atoms with Crippen LogP contribution in [-0.4, -0.2) is 11.6 Å². The first kappa shape index (κ1) is 8.02. The van der Waals surface area contributed by atoms with E-state index in [1.807, 2.05) is 12.2 Å². The Bertz CT molecular complexity index is 548. The second-order valence-corrected chi connectivity index (χ2v) is 6.84. The lowest BCUT2D eigenvalue weighted by Crippen LogP contribution is -2.54. The molecule has 0 aromatic rings. The molecule has 6 rings (SSSR count). The van der Waals surface area contributed by atoms with Gasteiger partial charge in [0, 0.05) is 11.8 Å². The first-order valence-electron chi connectivity index (χ1n) is 6.71. The number of hydrogen-bond acceptors (Lipinski definition) is 2. The third-order valence-corrected chi connectivity index (χ3v) is 7.20. The van der Waals surface area contributed by atoms with Gasteiger partial charge < -0.3 is 0 Å². The topological polar surface area (TPSA) is 34.1 Å².